The van der Waals surface area contributed by atoms with Crippen molar-refractivity contribution in [2.45, 2.75) is 25.9 Å². The van der Waals surface area contributed by atoms with E-state index in [-0.39, 0.29) is 17.9 Å². The summed E-state index contributed by atoms with van der Waals surface area (Å²) in [5, 5.41) is 4.32. The van der Waals surface area contributed by atoms with Crippen molar-refractivity contribution in [3.05, 3.63) is 50.4 Å². The van der Waals surface area contributed by atoms with E-state index in [1.807, 2.05) is 24.6 Å². The molecule has 3 N–H and O–H groups in total. The number of hydrogen-bond acceptors (Lipinski definition) is 3. The molecule has 1 heterocycles. The molecule has 0 saturated carbocycles. The van der Waals surface area contributed by atoms with Gasteiger partial charge in [-0.25, -0.2) is 9.82 Å². The average Bonchev–Trinajstić information content (AvgIpc) is 2.72. The second-order valence-electron chi connectivity index (χ2n) is 4.72. The highest BCUT2D eigenvalue weighted by atomic mass is 79.9. The van der Waals surface area contributed by atoms with Gasteiger partial charge in [-0.15, -0.1) is 0 Å². The first-order valence-electron chi connectivity index (χ1n) is 6.09. The zero-order valence-corrected chi connectivity index (χ0v) is 14.2. The summed E-state index contributed by atoms with van der Waals surface area (Å²) in [6.07, 6.45) is 1.72. The summed E-state index contributed by atoms with van der Waals surface area (Å²) < 4.78 is 16.9. The van der Waals surface area contributed by atoms with Crippen LogP contribution in [0.5, 0.6) is 0 Å². The molecule has 7 heteroatoms. The lowest BCUT2D eigenvalue weighted by Crippen LogP contribution is -2.31. The maximum atomic E-state index is 13.6. The quantitative estimate of drug-likeness (QED) is 0.602. The predicted octanol–water partition coefficient (Wildman–Crippen LogP) is 3.68. The summed E-state index contributed by atoms with van der Waals surface area (Å²) in [4.78, 5) is 0. The van der Waals surface area contributed by atoms with Gasteiger partial charge in [0.2, 0.25) is 0 Å². The molecule has 0 radical (unpaired) electrons. The first-order valence-corrected chi connectivity index (χ1v) is 7.67. The molecule has 0 bridgehead atoms. The minimum Gasteiger partial charge on any atom is -0.271 e. The van der Waals surface area contributed by atoms with E-state index in [0.717, 1.165) is 15.7 Å². The fraction of sp³-hybridized carbons (Fsp3) is 0.308. The molecule has 0 fully saturated rings. The third-order valence-corrected chi connectivity index (χ3v) is 4.00. The summed E-state index contributed by atoms with van der Waals surface area (Å²) in [6.45, 7) is 4.05. The van der Waals surface area contributed by atoms with Crippen LogP contribution >= 0.6 is 31.9 Å². The molecule has 0 spiro atoms. The predicted molar refractivity (Wildman–Crippen MR) is 83.6 cm³/mol. The maximum Gasteiger partial charge on any atom is 0.124 e. The summed E-state index contributed by atoms with van der Waals surface area (Å²) >= 11 is 6.77. The molecule has 0 aliphatic heterocycles. The zero-order chi connectivity index (χ0) is 14.9. The molecular formula is C13H15Br2FN4. The third kappa shape index (κ3) is 3.11. The second-order valence-corrected chi connectivity index (χ2v) is 6.49. The van der Waals surface area contributed by atoms with Crippen LogP contribution in [-0.4, -0.2) is 9.78 Å². The molecule has 2 aromatic rings. The molecule has 20 heavy (non-hydrogen) atoms. The van der Waals surface area contributed by atoms with Crippen molar-refractivity contribution in [1.29, 1.82) is 0 Å². The van der Waals surface area contributed by atoms with Crippen LogP contribution in [0.2, 0.25) is 0 Å². The fourth-order valence-electron chi connectivity index (χ4n) is 2.11. The molecule has 0 saturated heterocycles. The number of benzene rings is 1. The van der Waals surface area contributed by atoms with Gasteiger partial charge in [0.1, 0.15) is 5.82 Å². The van der Waals surface area contributed by atoms with Crippen molar-refractivity contribution in [3.8, 4) is 0 Å². The summed E-state index contributed by atoms with van der Waals surface area (Å²) in [5.41, 5.74) is 4.32. The second kappa shape index (κ2) is 6.34. The van der Waals surface area contributed by atoms with Crippen molar-refractivity contribution in [1.82, 2.24) is 15.2 Å². The number of halogens is 3. The molecule has 0 amide bonds. The fourth-order valence-corrected chi connectivity index (χ4v) is 3.09. The van der Waals surface area contributed by atoms with E-state index in [1.54, 1.807) is 6.20 Å². The van der Waals surface area contributed by atoms with Crippen LogP contribution in [-0.2, 0) is 0 Å². The maximum absolute atomic E-state index is 13.6. The largest absolute Gasteiger partial charge is 0.271 e. The van der Waals surface area contributed by atoms with E-state index in [9.17, 15) is 4.39 Å². The number of nitrogens with one attached hydrogen (secondary N) is 1. The van der Waals surface area contributed by atoms with E-state index >= 15 is 0 Å². The van der Waals surface area contributed by atoms with E-state index in [4.69, 9.17) is 5.84 Å². The van der Waals surface area contributed by atoms with Crippen LogP contribution in [0.25, 0.3) is 0 Å². The Morgan fingerprint density at radius 2 is 2.00 bits per heavy atom. The molecule has 4 nitrogen and oxygen atoms in total. The Morgan fingerprint density at radius 3 is 2.55 bits per heavy atom. The standard InChI is InChI=1S/C13H15Br2FN4/c1-7(2)20-13(11(15)6-18-20)12(19-17)8-3-9(14)5-10(16)4-8/h3-7,12,19H,17H2,1-2H3. The van der Waals surface area contributed by atoms with Gasteiger partial charge < -0.3 is 0 Å². The lowest BCUT2D eigenvalue weighted by atomic mass is 10.0. The minimum absolute atomic E-state index is 0.171. The minimum atomic E-state index is -0.360. The Labute approximate surface area is 133 Å². The molecule has 1 aromatic carbocycles. The molecule has 0 aliphatic rings. The van der Waals surface area contributed by atoms with Gasteiger partial charge in [0.05, 0.1) is 22.4 Å². The normalized spacial score (nSPS) is 12.9. The van der Waals surface area contributed by atoms with Gasteiger partial charge in [-0.3, -0.25) is 10.5 Å². The zero-order valence-electron chi connectivity index (χ0n) is 11.1. The Balaban J connectivity index is 2.55. The number of hydrazine groups is 1. The van der Waals surface area contributed by atoms with Gasteiger partial charge in [0, 0.05) is 10.5 Å². The molecular weight excluding hydrogens is 391 g/mol. The highest BCUT2D eigenvalue weighted by Crippen LogP contribution is 2.31. The molecule has 1 aromatic heterocycles. The number of aromatic nitrogens is 2. The van der Waals surface area contributed by atoms with Crippen LogP contribution in [0.3, 0.4) is 0 Å². The average molecular weight is 406 g/mol. The summed E-state index contributed by atoms with van der Waals surface area (Å²) in [6, 6.07) is 4.51. The number of hydrogen-bond donors (Lipinski definition) is 2. The molecule has 0 aliphatic carbocycles. The lowest BCUT2D eigenvalue weighted by Gasteiger charge is -2.21. The monoisotopic (exact) mass is 404 g/mol. The van der Waals surface area contributed by atoms with Crippen molar-refractivity contribution in [2.75, 3.05) is 0 Å². The Kier molecular flexibility index (Phi) is 4.95. The van der Waals surface area contributed by atoms with Gasteiger partial charge in [-0.05, 0) is 53.5 Å². The van der Waals surface area contributed by atoms with Crippen LogP contribution in [0.4, 0.5) is 4.39 Å². The molecule has 2 rings (SSSR count). The van der Waals surface area contributed by atoms with Gasteiger partial charge in [0.15, 0.2) is 0 Å². The SMILES string of the molecule is CC(C)n1ncc(Br)c1C(NN)c1cc(F)cc(Br)c1. The summed E-state index contributed by atoms with van der Waals surface area (Å²) in [5.74, 6) is 5.37. The van der Waals surface area contributed by atoms with Gasteiger partial charge in [-0.1, -0.05) is 15.9 Å². The topological polar surface area (TPSA) is 55.9 Å². The Morgan fingerprint density at radius 1 is 1.30 bits per heavy atom. The van der Waals surface area contributed by atoms with E-state index in [1.165, 1.54) is 12.1 Å². The number of rotatable bonds is 4. The molecule has 1 atom stereocenters. The van der Waals surface area contributed by atoms with Crippen molar-refractivity contribution < 1.29 is 4.39 Å². The van der Waals surface area contributed by atoms with E-state index in [2.05, 4.69) is 42.4 Å². The van der Waals surface area contributed by atoms with Crippen LogP contribution in [0.1, 0.15) is 37.2 Å². The third-order valence-electron chi connectivity index (χ3n) is 2.93. The van der Waals surface area contributed by atoms with Gasteiger partial charge >= 0.3 is 0 Å². The Bertz CT molecular complexity index is 592. The highest BCUT2D eigenvalue weighted by molar-refractivity contribution is 9.10. The highest BCUT2D eigenvalue weighted by Gasteiger charge is 2.23. The number of nitrogens with zero attached hydrogens (tertiary/aromatic N) is 2. The number of nitrogens with two attached hydrogens (primary N) is 1. The first kappa shape index (κ1) is 15.6. The Hall–Kier alpha value is -0.760. The molecule has 1 unspecified atom stereocenters. The van der Waals surface area contributed by atoms with Crippen molar-refractivity contribution in [3.63, 3.8) is 0 Å². The lowest BCUT2D eigenvalue weighted by molar-refractivity contribution is 0.474. The van der Waals surface area contributed by atoms with Crippen LogP contribution in [0, 0.1) is 5.82 Å². The first-order chi connectivity index (χ1) is 9.43. The smallest absolute Gasteiger partial charge is 0.124 e. The van der Waals surface area contributed by atoms with Gasteiger partial charge in [-0.2, -0.15) is 5.10 Å². The van der Waals surface area contributed by atoms with Crippen molar-refractivity contribution in [2.24, 2.45) is 5.84 Å². The van der Waals surface area contributed by atoms with E-state index in [0.29, 0.717) is 4.47 Å². The summed E-state index contributed by atoms with van der Waals surface area (Å²) in [7, 11) is 0. The van der Waals surface area contributed by atoms with Crippen LogP contribution < -0.4 is 11.3 Å². The molecule has 108 valence electrons. The van der Waals surface area contributed by atoms with Gasteiger partial charge in [0.25, 0.3) is 0 Å². The van der Waals surface area contributed by atoms with Crippen LogP contribution in [0.15, 0.2) is 33.3 Å². The van der Waals surface area contributed by atoms with Crippen molar-refractivity contribution >= 4 is 31.9 Å². The van der Waals surface area contributed by atoms with E-state index < -0.39 is 0 Å².